The van der Waals surface area contributed by atoms with Crippen molar-refractivity contribution in [3.63, 3.8) is 0 Å². The molecule has 36 heavy (non-hydrogen) atoms. The van der Waals surface area contributed by atoms with Crippen molar-refractivity contribution in [1.29, 1.82) is 5.41 Å². The summed E-state index contributed by atoms with van der Waals surface area (Å²) < 4.78 is 4.25. The summed E-state index contributed by atoms with van der Waals surface area (Å²) in [6, 6.07) is 25.2. The molecule has 0 aliphatic carbocycles. The lowest BCUT2D eigenvalue weighted by Crippen LogP contribution is -2.33. The predicted molar refractivity (Wildman–Crippen MR) is 145 cm³/mol. The molecule has 0 aliphatic heterocycles. The molecule has 5 heteroatoms. The van der Waals surface area contributed by atoms with Gasteiger partial charge in [-0.1, -0.05) is 85.6 Å². The van der Waals surface area contributed by atoms with Crippen LogP contribution in [0.15, 0.2) is 72.8 Å². The van der Waals surface area contributed by atoms with E-state index in [2.05, 4.69) is 97.5 Å². The van der Waals surface area contributed by atoms with Crippen LogP contribution in [0, 0.1) is 25.2 Å². The first-order valence-corrected chi connectivity index (χ1v) is 12.8. The smallest absolute Gasteiger partial charge is 0.203 e. The van der Waals surface area contributed by atoms with Gasteiger partial charge in [-0.25, -0.2) is 0 Å². The van der Waals surface area contributed by atoms with Gasteiger partial charge in [0.1, 0.15) is 6.61 Å². The van der Waals surface area contributed by atoms with Crippen LogP contribution >= 0.6 is 0 Å². The van der Waals surface area contributed by atoms with Gasteiger partial charge in [0, 0.05) is 12.5 Å². The highest BCUT2D eigenvalue weighted by Crippen LogP contribution is 2.31. The largest absolute Gasteiger partial charge is 0.389 e. The van der Waals surface area contributed by atoms with E-state index in [1.165, 1.54) is 22.3 Å². The zero-order valence-corrected chi connectivity index (χ0v) is 21.7. The van der Waals surface area contributed by atoms with Crippen LogP contribution in [0.25, 0.3) is 11.0 Å². The summed E-state index contributed by atoms with van der Waals surface area (Å²) in [4.78, 5) is 12.1. The molecule has 2 unspecified atom stereocenters. The second-order valence-corrected chi connectivity index (χ2v) is 10.2. The number of ketones is 1. The van der Waals surface area contributed by atoms with Gasteiger partial charge in [-0.15, -0.1) is 0 Å². The van der Waals surface area contributed by atoms with Crippen LogP contribution in [0.3, 0.4) is 0 Å². The van der Waals surface area contributed by atoms with Gasteiger partial charge in [0.15, 0.2) is 5.78 Å². The number of rotatable bonds is 10. The van der Waals surface area contributed by atoms with Gasteiger partial charge in [-0.05, 0) is 55.9 Å². The average molecular weight is 484 g/mol. The number of imidazole rings is 1. The maximum Gasteiger partial charge on any atom is 0.203 e. The van der Waals surface area contributed by atoms with Crippen molar-refractivity contribution in [2.75, 3.05) is 6.61 Å². The Labute approximate surface area is 213 Å². The first-order valence-electron chi connectivity index (χ1n) is 12.8. The highest BCUT2D eigenvalue weighted by atomic mass is 16.3. The van der Waals surface area contributed by atoms with E-state index < -0.39 is 6.61 Å². The molecule has 3 aromatic carbocycles. The van der Waals surface area contributed by atoms with E-state index in [1.807, 2.05) is 12.1 Å². The molecule has 0 saturated carbocycles. The lowest BCUT2D eigenvalue weighted by molar-refractivity contribution is -0.122. The van der Waals surface area contributed by atoms with Crippen molar-refractivity contribution in [2.45, 2.75) is 59.0 Å². The standard InChI is InChI=1S/C31H37N3O2/c1-21(2)30(25-15-11-23(4)12-16-25)34-29-8-6-5-7-28(29)33(31(34)32)26(17-18-27(36)20-35)19-24-13-9-22(3)10-14-24/h5-16,21,26,30,32,35H,17-20H2,1-4H3. The number of aromatic nitrogens is 2. The van der Waals surface area contributed by atoms with E-state index in [9.17, 15) is 15.3 Å². The van der Waals surface area contributed by atoms with Gasteiger partial charge in [0.2, 0.25) is 5.62 Å². The Hall–Kier alpha value is -3.44. The maximum atomic E-state index is 12.1. The van der Waals surface area contributed by atoms with Crippen LogP contribution in [-0.4, -0.2) is 26.6 Å². The Morgan fingerprint density at radius 1 is 0.861 bits per heavy atom. The van der Waals surface area contributed by atoms with Crippen molar-refractivity contribution in [2.24, 2.45) is 5.92 Å². The van der Waals surface area contributed by atoms with E-state index >= 15 is 0 Å². The van der Waals surface area contributed by atoms with E-state index in [4.69, 9.17) is 0 Å². The van der Waals surface area contributed by atoms with Crippen LogP contribution in [0.4, 0.5) is 0 Å². The first-order chi connectivity index (χ1) is 17.3. The molecule has 1 heterocycles. The number of carbonyl (C=O) groups excluding carboxylic acids is 1. The minimum Gasteiger partial charge on any atom is -0.389 e. The fourth-order valence-corrected chi connectivity index (χ4v) is 5.19. The van der Waals surface area contributed by atoms with Crippen molar-refractivity contribution in [3.8, 4) is 0 Å². The van der Waals surface area contributed by atoms with Gasteiger partial charge >= 0.3 is 0 Å². The lowest BCUT2D eigenvalue weighted by atomic mass is 9.95. The Bertz CT molecular complexity index is 1380. The molecular formula is C31H37N3O2. The van der Waals surface area contributed by atoms with Crippen molar-refractivity contribution < 1.29 is 9.90 Å². The second-order valence-electron chi connectivity index (χ2n) is 10.2. The fourth-order valence-electron chi connectivity index (χ4n) is 5.19. The number of fused-ring (bicyclic) bond motifs is 1. The monoisotopic (exact) mass is 483 g/mol. The molecule has 0 amide bonds. The van der Waals surface area contributed by atoms with Crippen LogP contribution in [-0.2, 0) is 11.2 Å². The van der Waals surface area contributed by atoms with Gasteiger partial charge in [-0.2, -0.15) is 0 Å². The normalized spacial score (nSPS) is 13.3. The van der Waals surface area contributed by atoms with Crippen LogP contribution in [0.2, 0.25) is 0 Å². The molecule has 0 bridgehead atoms. The number of benzene rings is 3. The third-order valence-corrected chi connectivity index (χ3v) is 7.08. The fraction of sp³-hybridized carbons (Fsp3) is 0.355. The van der Waals surface area contributed by atoms with Crippen LogP contribution in [0.5, 0.6) is 0 Å². The summed E-state index contributed by atoms with van der Waals surface area (Å²) in [5.74, 6) is 0.104. The Morgan fingerprint density at radius 3 is 1.97 bits per heavy atom. The molecule has 188 valence electrons. The van der Waals surface area contributed by atoms with Crippen molar-refractivity contribution in [1.82, 2.24) is 9.13 Å². The zero-order chi connectivity index (χ0) is 25.8. The zero-order valence-electron chi connectivity index (χ0n) is 21.7. The topological polar surface area (TPSA) is 71.0 Å². The molecule has 2 atom stereocenters. The van der Waals surface area contributed by atoms with Gasteiger partial charge in [0.05, 0.1) is 17.1 Å². The highest BCUT2D eigenvalue weighted by Gasteiger charge is 2.26. The van der Waals surface area contributed by atoms with E-state index in [0.29, 0.717) is 18.5 Å². The van der Waals surface area contributed by atoms with E-state index in [0.717, 1.165) is 11.0 Å². The molecular weight excluding hydrogens is 446 g/mol. The third kappa shape index (κ3) is 5.36. The average Bonchev–Trinajstić information content (AvgIpc) is 3.15. The quantitative estimate of drug-likeness (QED) is 0.294. The number of carbonyl (C=O) groups is 1. The molecule has 4 rings (SSSR count). The van der Waals surface area contributed by atoms with E-state index in [1.54, 1.807) is 0 Å². The number of hydrogen-bond acceptors (Lipinski definition) is 3. The third-order valence-electron chi connectivity index (χ3n) is 7.08. The molecule has 0 spiro atoms. The molecule has 0 saturated heterocycles. The summed E-state index contributed by atoms with van der Waals surface area (Å²) in [6.07, 6.45) is 1.56. The molecule has 2 N–H and O–H groups in total. The molecule has 0 radical (unpaired) electrons. The molecule has 0 aliphatic rings. The minimum atomic E-state index is -0.444. The first kappa shape index (κ1) is 25.6. The van der Waals surface area contributed by atoms with Gasteiger partial charge in [0.25, 0.3) is 0 Å². The summed E-state index contributed by atoms with van der Waals surface area (Å²) in [6.45, 7) is 8.12. The molecule has 4 aromatic rings. The molecule has 5 nitrogen and oxygen atoms in total. The summed E-state index contributed by atoms with van der Waals surface area (Å²) >= 11 is 0. The number of para-hydroxylation sites is 2. The second kappa shape index (κ2) is 11.1. The summed E-state index contributed by atoms with van der Waals surface area (Å²) in [5, 5.41) is 18.8. The SMILES string of the molecule is Cc1ccc(CC(CCC(=O)CO)n2c(=N)n(C(c3ccc(C)cc3)C(C)C)c3ccccc32)cc1. The summed E-state index contributed by atoms with van der Waals surface area (Å²) in [7, 11) is 0. The summed E-state index contributed by atoms with van der Waals surface area (Å²) in [5.41, 5.74) is 7.22. The van der Waals surface area contributed by atoms with Crippen molar-refractivity contribution in [3.05, 3.63) is 101 Å². The molecule has 1 aromatic heterocycles. The molecule has 0 fully saturated rings. The maximum absolute atomic E-state index is 12.1. The number of nitrogens with one attached hydrogen (secondary N) is 1. The number of Topliss-reactive ketones (excluding diaryl/α,β-unsaturated/α-hetero) is 1. The van der Waals surface area contributed by atoms with Gasteiger partial charge in [-0.3, -0.25) is 10.2 Å². The minimum absolute atomic E-state index is 0.00310. The highest BCUT2D eigenvalue weighted by molar-refractivity contribution is 5.79. The van der Waals surface area contributed by atoms with Gasteiger partial charge < -0.3 is 14.2 Å². The van der Waals surface area contributed by atoms with Crippen LogP contribution < -0.4 is 5.62 Å². The number of hydrogen-bond donors (Lipinski definition) is 2. The Morgan fingerprint density at radius 2 is 1.42 bits per heavy atom. The Kier molecular flexibility index (Phi) is 7.90. The number of aryl methyl sites for hydroxylation is 2. The predicted octanol–water partition coefficient (Wildman–Crippen LogP) is 5.91. The van der Waals surface area contributed by atoms with Crippen molar-refractivity contribution >= 4 is 16.8 Å². The van der Waals surface area contributed by atoms with E-state index in [-0.39, 0.29) is 30.2 Å². The Balaban J connectivity index is 1.88. The van der Waals surface area contributed by atoms with Crippen LogP contribution in [0.1, 0.15) is 61.0 Å². The number of nitrogens with zero attached hydrogens (tertiary/aromatic N) is 2. The lowest BCUT2D eigenvalue weighted by Gasteiger charge is -2.25. The number of aliphatic hydroxyl groups excluding tert-OH is 1. The number of aliphatic hydroxyl groups is 1.